The van der Waals surface area contributed by atoms with E-state index >= 15 is 0 Å². The fourth-order valence-electron chi connectivity index (χ4n) is 0.922. The van der Waals surface area contributed by atoms with Crippen LogP contribution in [-0.2, 0) is 0 Å². The van der Waals surface area contributed by atoms with Crippen molar-refractivity contribution < 1.29 is 0 Å². The largest absolute Gasteiger partial charge is 0.358 e. The molecule has 0 aromatic heterocycles. The Labute approximate surface area is 80.6 Å². The molecule has 0 aliphatic heterocycles. The number of thiocarbonyl (C=S) groups is 1. The summed E-state index contributed by atoms with van der Waals surface area (Å²) in [5, 5.41) is 0. The predicted octanol–water partition coefficient (Wildman–Crippen LogP) is 2.71. The third-order valence-corrected chi connectivity index (χ3v) is 2.09. The Balaban J connectivity index is 3.60. The van der Waals surface area contributed by atoms with E-state index in [2.05, 4.69) is 31.4 Å². The Hall–Kier alpha value is 0.240. The van der Waals surface area contributed by atoms with E-state index in [0.717, 1.165) is 23.8 Å². The van der Waals surface area contributed by atoms with Gasteiger partial charge in [0.25, 0.3) is 0 Å². The molecule has 0 atom stereocenters. The van der Waals surface area contributed by atoms with Crippen molar-refractivity contribution in [1.29, 1.82) is 0 Å². The molecule has 0 aromatic rings. The smallest absolute Gasteiger partial charge is 0.133 e. The molecule has 0 rings (SSSR count). The third kappa shape index (κ3) is 5.50. The van der Waals surface area contributed by atoms with Gasteiger partial charge in [-0.3, -0.25) is 0 Å². The summed E-state index contributed by atoms with van der Waals surface area (Å²) in [4.78, 5) is 2.15. The summed E-state index contributed by atoms with van der Waals surface area (Å²) in [6, 6.07) is 0. The molecule has 0 saturated heterocycles. The summed E-state index contributed by atoms with van der Waals surface area (Å²) in [6.07, 6.45) is 3.57. The first kappa shape index (κ1) is 11.2. The van der Waals surface area contributed by atoms with Gasteiger partial charge in [-0.15, -0.1) is 12.6 Å². The average Bonchev–Trinajstić information content (AvgIpc) is 1.97. The lowest BCUT2D eigenvalue weighted by molar-refractivity contribution is 0.420. The molecule has 0 unspecified atom stereocenters. The lowest BCUT2D eigenvalue weighted by Gasteiger charge is -2.21. The highest BCUT2D eigenvalue weighted by Crippen LogP contribution is 2.01. The summed E-state index contributed by atoms with van der Waals surface area (Å²) in [7, 11) is 0. The van der Waals surface area contributed by atoms with Crippen LogP contribution in [0.2, 0.25) is 0 Å². The average molecular weight is 191 g/mol. The Morgan fingerprint density at radius 1 is 1.27 bits per heavy atom. The molecule has 0 heterocycles. The zero-order chi connectivity index (χ0) is 8.69. The molecule has 0 radical (unpaired) electrons. The van der Waals surface area contributed by atoms with Crippen molar-refractivity contribution in [2.24, 2.45) is 0 Å². The number of hydrogen-bond acceptors (Lipinski definition) is 1. The fourth-order valence-corrected chi connectivity index (χ4v) is 1.30. The minimum Gasteiger partial charge on any atom is -0.358 e. The monoisotopic (exact) mass is 191 g/mol. The van der Waals surface area contributed by atoms with Gasteiger partial charge in [0, 0.05) is 13.1 Å². The zero-order valence-corrected chi connectivity index (χ0v) is 9.05. The van der Waals surface area contributed by atoms with Crippen LogP contribution in [0.3, 0.4) is 0 Å². The van der Waals surface area contributed by atoms with Crippen molar-refractivity contribution in [3.8, 4) is 0 Å². The highest BCUT2D eigenvalue weighted by atomic mass is 32.1. The molecule has 11 heavy (non-hydrogen) atoms. The van der Waals surface area contributed by atoms with E-state index in [4.69, 9.17) is 12.2 Å². The minimum atomic E-state index is 0.736. The lowest BCUT2D eigenvalue weighted by Crippen LogP contribution is -2.27. The molecule has 3 heteroatoms. The standard InChI is InChI=1S/C8H17NS2/c1-3-5-7-9(6-4-2)8(10)11/h3-7H2,1-2H3,(H,10,11). The SMILES string of the molecule is CCCCN(CCC)C(=S)S. The van der Waals surface area contributed by atoms with Gasteiger partial charge in [-0.2, -0.15) is 0 Å². The van der Waals surface area contributed by atoms with E-state index in [1.165, 1.54) is 12.8 Å². The zero-order valence-electron chi connectivity index (χ0n) is 7.34. The van der Waals surface area contributed by atoms with Gasteiger partial charge in [-0.1, -0.05) is 32.5 Å². The summed E-state index contributed by atoms with van der Waals surface area (Å²) >= 11 is 9.14. The second-order valence-electron chi connectivity index (χ2n) is 2.62. The van der Waals surface area contributed by atoms with Crippen molar-refractivity contribution in [2.75, 3.05) is 13.1 Å². The molecule has 66 valence electrons. The molecule has 1 nitrogen and oxygen atoms in total. The summed E-state index contributed by atoms with van der Waals surface area (Å²) < 4.78 is 0.736. The van der Waals surface area contributed by atoms with Crippen LogP contribution in [-0.4, -0.2) is 22.3 Å². The summed E-state index contributed by atoms with van der Waals surface area (Å²) in [5.41, 5.74) is 0. The molecule has 0 saturated carbocycles. The molecule has 0 aliphatic rings. The molecule has 0 amide bonds. The lowest BCUT2D eigenvalue weighted by atomic mass is 10.3. The van der Waals surface area contributed by atoms with E-state index < -0.39 is 0 Å². The maximum Gasteiger partial charge on any atom is 0.133 e. The Morgan fingerprint density at radius 3 is 2.27 bits per heavy atom. The molecule has 0 fully saturated rings. The van der Waals surface area contributed by atoms with Gasteiger partial charge < -0.3 is 4.90 Å². The summed E-state index contributed by atoms with van der Waals surface area (Å²) in [5.74, 6) is 0. The van der Waals surface area contributed by atoms with E-state index in [1.807, 2.05) is 0 Å². The Bertz CT molecular complexity index is 115. The first-order valence-electron chi connectivity index (χ1n) is 4.20. The van der Waals surface area contributed by atoms with Crippen LogP contribution in [0, 0.1) is 0 Å². The Kier molecular flexibility index (Phi) is 7.07. The van der Waals surface area contributed by atoms with Gasteiger partial charge in [-0.05, 0) is 12.8 Å². The predicted molar refractivity (Wildman–Crippen MR) is 58.4 cm³/mol. The molecule has 0 bridgehead atoms. The van der Waals surface area contributed by atoms with Crippen molar-refractivity contribution in [3.63, 3.8) is 0 Å². The maximum absolute atomic E-state index is 4.99. The first-order valence-corrected chi connectivity index (χ1v) is 5.05. The second kappa shape index (κ2) is 6.92. The van der Waals surface area contributed by atoms with E-state index in [1.54, 1.807) is 0 Å². The van der Waals surface area contributed by atoms with Gasteiger partial charge in [0.15, 0.2) is 0 Å². The van der Waals surface area contributed by atoms with Crippen molar-refractivity contribution >= 4 is 29.2 Å². The second-order valence-corrected chi connectivity index (χ2v) is 3.74. The van der Waals surface area contributed by atoms with Crippen molar-refractivity contribution in [2.45, 2.75) is 33.1 Å². The highest BCUT2D eigenvalue weighted by molar-refractivity contribution is 8.10. The number of unbranched alkanes of at least 4 members (excludes halogenated alkanes) is 1. The molecule has 0 aliphatic carbocycles. The summed E-state index contributed by atoms with van der Waals surface area (Å²) in [6.45, 7) is 6.45. The van der Waals surface area contributed by atoms with Crippen LogP contribution in [0.25, 0.3) is 0 Å². The van der Waals surface area contributed by atoms with Gasteiger partial charge in [-0.25, -0.2) is 0 Å². The molecule has 0 spiro atoms. The molecular weight excluding hydrogens is 174 g/mol. The maximum atomic E-state index is 4.99. The number of hydrogen-bond donors (Lipinski definition) is 1. The van der Waals surface area contributed by atoms with Crippen LogP contribution in [0.4, 0.5) is 0 Å². The van der Waals surface area contributed by atoms with Crippen LogP contribution >= 0.6 is 24.8 Å². The van der Waals surface area contributed by atoms with Crippen LogP contribution in [0.15, 0.2) is 0 Å². The van der Waals surface area contributed by atoms with E-state index in [-0.39, 0.29) is 0 Å². The third-order valence-electron chi connectivity index (χ3n) is 1.55. The van der Waals surface area contributed by atoms with Crippen molar-refractivity contribution in [3.05, 3.63) is 0 Å². The highest BCUT2D eigenvalue weighted by Gasteiger charge is 2.02. The fraction of sp³-hybridized carbons (Fsp3) is 0.875. The topological polar surface area (TPSA) is 3.24 Å². The molecule has 0 aromatic carbocycles. The van der Waals surface area contributed by atoms with Gasteiger partial charge in [0.1, 0.15) is 4.32 Å². The molecular formula is C8H17NS2. The first-order chi connectivity index (χ1) is 5.22. The van der Waals surface area contributed by atoms with Crippen LogP contribution in [0.5, 0.6) is 0 Å². The Morgan fingerprint density at radius 2 is 1.91 bits per heavy atom. The van der Waals surface area contributed by atoms with Gasteiger partial charge in [0.05, 0.1) is 0 Å². The number of nitrogens with zero attached hydrogens (tertiary/aromatic N) is 1. The van der Waals surface area contributed by atoms with E-state index in [0.29, 0.717) is 0 Å². The molecule has 0 N–H and O–H groups in total. The van der Waals surface area contributed by atoms with Gasteiger partial charge >= 0.3 is 0 Å². The normalized spacial score (nSPS) is 9.73. The minimum absolute atomic E-state index is 0.736. The van der Waals surface area contributed by atoms with Crippen LogP contribution < -0.4 is 0 Å². The van der Waals surface area contributed by atoms with Crippen molar-refractivity contribution in [1.82, 2.24) is 4.90 Å². The number of rotatable bonds is 5. The number of thiol groups is 1. The quantitative estimate of drug-likeness (QED) is 0.526. The van der Waals surface area contributed by atoms with Crippen LogP contribution in [0.1, 0.15) is 33.1 Å². The van der Waals surface area contributed by atoms with E-state index in [9.17, 15) is 0 Å². The van der Waals surface area contributed by atoms with Gasteiger partial charge in [0.2, 0.25) is 0 Å².